The molecule has 0 radical (unpaired) electrons. The van der Waals surface area contributed by atoms with Gasteiger partial charge in [-0.1, -0.05) is 35.3 Å². The molecule has 5 heteroatoms. The fourth-order valence-corrected chi connectivity index (χ4v) is 2.67. The molecule has 0 saturated heterocycles. The van der Waals surface area contributed by atoms with Crippen molar-refractivity contribution in [1.29, 1.82) is 0 Å². The lowest BCUT2D eigenvalue weighted by molar-refractivity contribution is 0.411. The van der Waals surface area contributed by atoms with Crippen LogP contribution >= 0.6 is 23.2 Å². The Kier molecular flexibility index (Phi) is 4.99. The van der Waals surface area contributed by atoms with E-state index in [0.29, 0.717) is 15.8 Å². The van der Waals surface area contributed by atoms with Crippen molar-refractivity contribution in [1.82, 2.24) is 0 Å². The number of aryl methyl sites for hydroxylation is 1. The Morgan fingerprint density at radius 2 is 1.62 bits per heavy atom. The molecule has 2 N–H and O–H groups in total. The van der Waals surface area contributed by atoms with E-state index in [0.717, 1.165) is 22.4 Å². The minimum atomic E-state index is -0.393. The summed E-state index contributed by atoms with van der Waals surface area (Å²) in [6.07, 6.45) is 0. The van der Waals surface area contributed by atoms with Crippen LogP contribution in [0, 0.1) is 6.92 Å². The zero-order valence-electron chi connectivity index (χ0n) is 12.1. The van der Waals surface area contributed by atoms with Crippen molar-refractivity contribution >= 4 is 23.2 Å². The van der Waals surface area contributed by atoms with Gasteiger partial charge in [-0.25, -0.2) is 0 Å². The van der Waals surface area contributed by atoms with E-state index in [-0.39, 0.29) is 0 Å². The van der Waals surface area contributed by atoms with Crippen LogP contribution < -0.4 is 15.2 Å². The predicted octanol–water partition coefficient (Wildman–Crippen LogP) is 4.37. The van der Waals surface area contributed by atoms with Gasteiger partial charge in [0.15, 0.2) is 0 Å². The highest BCUT2D eigenvalue weighted by molar-refractivity contribution is 6.34. The SMILES string of the molecule is COc1cc(C(N)c2cc(Cl)c(OC)cc2Cl)ccc1C. The monoisotopic (exact) mass is 325 g/mol. The Hall–Kier alpha value is -1.42. The topological polar surface area (TPSA) is 44.5 Å². The summed E-state index contributed by atoms with van der Waals surface area (Å²) in [7, 11) is 3.18. The van der Waals surface area contributed by atoms with E-state index in [4.69, 9.17) is 38.4 Å². The minimum Gasteiger partial charge on any atom is -0.496 e. The third kappa shape index (κ3) is 3.26. The van der Waals surface area contributed by atoms with Gasteiger partial charge in [-0.2, -0.15) is 0 Å². The third-order valence-electron chi connectivity index (χ3n) is 3.40. The first-order chi connectivity index (χ1) is 9.97. The van der Waals surface area contributed by atoms with Gasteiger partial charge in [-0.3, -0.25) is 0 Å². The second-order valence-electron chi connectivity index (χ2n) is 4.71. The number of benzene rings is 2. The van der Waals surface area contributed by atoms with E-state index >= 15 is 0 Å². The van der Waals surface area contributed by atoms with Crippen LogP contribution in [0.5, 0.6) is 11.5 Å². The first-order valence-corrected chi connectivity index (χ1v) is 7.16. The maximum Gasteiger partial charge on any atom is 0.138 e. The number of nitrogens with two attached hydrogens (primary N) is 1. The molecule has 0 saturated carbocycles. The zero-order valence-corrected chi connectivity index (χ0v) is 13.6. The second kappa shape index (κ2) is 6.56. The highest BCUT2D eigenvalue weighted by Gasteiger charge is 2.17. The molecule has 0 aliphatic heterocycles. The molecule has 3 nitrogen and oxygen atoms in total. The molecule has 0 amide bonds. The van der Waals surface area contributed by atoms with Crippen molar-refractivity contribution in [2.45, 2.75) is 13.0 Å². The van der Waals surface area contributed by atoms with Gasteiger partial charge < -0.3 is 15.2 Å². The lowest BCUT2D eigenvalue weighted by Gasteiger charge is -2.17. The van der Waals surface area contributed by atoms with Crippen LogP contribution in [0.15, 0.2) is 30.3 Å². The maximum absolute atomic E-state index is 6.31. The summed E-state index contributed by atoms with van der Waals surface area (Å²) in [6, 6.07) is 8.85. The van der Waals surface area contributed by atoms with Crippen LogP contribution in [0.1, 0.15) is 22.7 Å². The molecule has 2 aromatic carbocycles. The van der Waals surface area contributed by atoms with Gasteiger partial charge >= 0.3 is 0 Å². The van der Waals surface area contributed by atoms with Crippen molar-refractivity contribution < 1.29 is 9.47 Å². The standard InChI is InChI=1S/C16H17Cl2NO2/c1-9-4-5-10(6-14(9)20-2)16(19)11-7-13(18)15(21-3)8-12(11)17/h4-8,16H,19H2,1-3H3. The van der Waals surface area contributed by atoms with Gasteiger partial charge in [0, 0.05) is 11.1 Å². The number of halogens is 2. The highest BCUT2D eigenvalue weighted by atomic mass is 35.5. The first kappa shape index (κ1) is 16.0. The lowest BCUT2D eigenvalue weighted by Crippen LogP contribution is -2.13. The number of methoxy groups -OCH3 is 2. The average Bonchev–Trinajstić information content (AvgIpc) is 2.49. The van der Waals surface area contributed by atoms with Crippen LogP contribution in [-0.2, 0) is 0 Å². The van der Waals surface area contributed by atoms with Crippen LogP contribution in [-0.4, -0.2) is 14.2 Å². The summed E-state index contributed by atoms with van der Waals surface area (Å²) in [6.45, 7) is 1.98. The quantitative estimate of drug-likeness (QED) is 0.907. The molecule has 0 fully saturated rings. The molecular formula is C16H17Cl2NO2. The summed E-state index contributed by atoms with van der Waals surface area (Å²) in [5.41, 5.74) is 9.01. The Bertz CT molecular complexity index is 659. The van der Waals surface area contributed by atoms with Crippen molar-refractivity contribution in [2.75, 3.05) is 14.2 Å². The van der Waals surface area contributed by atoms with Crippen molar-refractivity contribution in [2.24, 2.45) is 5.73 Å². The van der Waals surface area contributed by atoms with Crippen LogP contribution in [0.2, 0.25) is 10.0 Å². The zero-order chi connectivity index (χ0) is 15.6. The molecule has 0 bridgehead atoms. The lowest BCUT2D eigenvalue weighted by atomic mass is 9.98. The van der Waals surface area contributed by atoms with E-state index in [9.17, 15) is 0 Å². The molecule has 0 aromatic heterocycles. The molecule has 1 atom stereocenters. The number of hydrogen-bond donors (Lipinski definition) is 1. The van der Waals surface area contributed by atoms with Gasteiger partial charge in [-0.15, -0.1) is 0 Å². The molecule has 0 heterocycles. The van der Waals surface area contributed by atoms with E-state index in [1.54, 1.807) is 26.4 Å². The summed E-state index contributed by atoms with van der Waals surface area (Å²) < 4.78 is 10.5. The molecular weight excluding hydrogens is 309 g/mol. The Labute approximate surface area is 134 Å². The fourth-order valence-electron chi connectivity index (χ4n) is 2.15. The Morgan fingerprint density at radius 1 is 0.952 bits per heavy atom. The molecule has 0 aliphatic carbocycles. The number of hydrogen-bond acceptors (Lipinski definition) is 3. The fraction of sp³-hybridized carbons (Fsp3) is 0.250. The molecule has 1 unspecified atom stereocenters. The maximum atomic E-state index is 6.31. The first-order valence-electron chi connectivity index (χ1n) is 6.41. The summed E-state index contributed by atoms with van der Waals surface area (Å²) in [5, 5.41) is 0.995. The van der Waals surface area contributed by atoms with Crippen LogP contribution in [0.3, 0.4) is 0 Å². The van der Waals surface area contributed by atoms with Crippen molar-refractivity contribution in [3.8, 4) is 11.5 Å². The number of ether oxygens (including phenoxy) is 2. The molecule has 0 spiro atoms. The van der Waals surface area contributed by atoms with Gasteiger partial charge in [0.05, 0.1) is 25.3 Å². The normalized spacial score (nSPS) is 12.1. The molecule has 2 rings (SSSR count). The predicted molar refractivity (Wildman–Crippen MR) is 86.8 cm³/mol. The number of rotatable bonds is 4. The minimum absolute atomic E-state index is 0.393. The smallest absolute Gasteiger partial charge is 0.138 e. The molecule has 21 heavy (non-hydrogen) atoms. The average molecular weight is 326 g/mol. The van der Waals surface area contributed by atoms with E-state index in [1.165, 1.54) is 0 Å². The van der Waals surface area contributed by atoms with Crippen LogP contribution in [0.25, 0.3) is 0 Å². The van der Waals surface area contributed by atoms with Crippen molar-refractivity contribution in [3.63, 3.8) is 0 Å². The van der Waals surface area contributed by atoms with Gasteiger partial charge in [0.1, 0.15) is 11.5 Å². The highest BCUT2D eigenvalue weighted by Crippen LogP contribution is 2.36. The van der Waals surface area contributed by atoms with Crippen LogP contribution in [0.4, 0.5) is 0 Å². The van der Waals surface area contributed by atoms with Gasteiger partial charge in [0.25, 0.3) is 0 Å². The van der Waals surface area contributed by atoms with E-state index in [2.05, 4.69) is 0 Å². The second-order valence-corrected chi connectivity index (χ2v) is 5.53. The largest absolute Gasteiger partial charge is 0.496 e. The van der Waals surface area contributed by atoms with E-state index < -0.39 is 6.04 Å². The summed E-state index contributed by atoms with van der Waals surface area (Å²) >= 11 is 12.4. The molecule has 2 aromatic rings. The summed E-state index contributed by atoms with van der Waals surface area (Å²) in [5.74, 6) is 1.32. The van der Waals surface area contributed by atoms with Gasteiger partial charge in [0.2, 0.25) is 0 Å². The summed E-state index contributed by atoms with van der Waals surface area (Å²) in [4.78, 5) is 0. The van der Waals surface area contributed by atoms with E-state index in [1.807, 2.05) is 25.1 Å². The third-order valence-corrected chi connectivity index (χ3v) is 4.02. The van der Waals surface area contributed by atoms with Crippen molar-refractivity contribution in [3.05, 3.63) is 57.1 Å². The molecule has 0 aliphatic rings. The van der Waals surface area contributed by atoms with Gasteiger partial charge in [-0.05, 0) is 35.7 Å². The molecule has 112 valence electrons. The Balaban J connectivity index is 2.44. The Morgan fingerprint density at radius 3 is 2.24 bits per heavy atom.